The number of hydrogen-bond donors (Lipinski definition) is 0. The fourth-order valence-electron chi connectivity index (χ4n) is 2.64. The summed E-state index contributed by atoms with van der Waals surface area (Å²) in [6.45, 7) is 7.63. The van der Waals surface area contributed by atoms with Crippen molar-refractivity contribution in [3.05, 3.63) is 29.6 Å². The SMILES string of the molecule is CCn1cc(CC2=CC(Cl)CC(C)(C)C2)cn1. The molecule has 0 radical (unpaired) electrons. The van der Waals surface area contributed by atoms with Crippen molar-refractivity contribution in [2.75, 3.05) is 0 Å². The van der Waals surface area contributed by atoms with Crippen LogP contribution < -0.4 is 0 Å². The van der Waals surface area contributed by atoms with Crippen LogP contribution in [0.25, 0.3) is 0 Å². The molecule has 0 amide bonds. The summed E-state index contributed by atoms with van der Waals surface area (Å²) in [6, 6.07) is 0. The Labute approximate surface area is 109 Å². The summed E-state index contributed by atoms with van der Waals surface area (Å²) in [4.78, 5) is 0. The van der Waals surface area contributed by atoms with Crippen LogP contribution in [0.3, 0.4) is 0 Å². The van der Waals surface area contributed by atoms with Gasteiger partial charge in [0, 0.05) is 12.7 Å². The van der Waals surface area contributed by atoms with Crippen LogP contribution in [0.1, 0.15) is 39.2 Å². The summed E-state index contributed by atoms with van der Waals surface area (Å²) >= 11 is 6.30. The lowest BCUT2D eigenvalue weighted by Crippen LogP contribution is -2.22. The van der Waals surface area contributed by atoms with Crippen molar-refractivity contribution in [1.29, 1.82) is 0 Å². The second-order valence-electron chi connectivity index (χ2n) is 5.77. The molecule has 3 heteroatoms. The number of halogens is 1. The Balaban J connectivity index is 2.08. The normalized spacial score (nSPS) is 23.5. The van der Waals surface area contributed by atoms with Crippen molar-refractivity contribution in [2.24, 2.45) is 5.41 Å². The maximum Gasteiger partial charge on any atom is 0.0525 e. The molecule has 17 heavy (non-hydrogen) atoms. The van der Waals surface area contributed by atoms with E-state index in [2.05, 4.69) is 38.1 Å². The molecule has 0 N–H and O–H groups in total. The van der Waals surface area contributed by atoms with Gasteiger partial charge in [-0.3, -0.25) is 4.68 Å². The summed E-state index contributed by atoms with van der Waals surface area (Å²) in [6.07, 6.45) is 9.55. The minimum atomic E-state index is 0.190. The van der Waals surface area contributed by atoms with E-state index in [0.717, 1.165) is 25.8 Å². The first kappa shape index (κ1) is 12.7. The number of aromatic nitrogens is 2. The Kier molecular flexibility index (Phi) is 3.62. The topological polar surface area (TPSA) is 17.8 Å². The number of alkyl halides is 1. The number of allylic oxidation sites excluding steroid dienone is 2. The van der Waals surface area contributed by atoms with Gasteiger partial charge in [-0.25, -0.2) is 0 Å². The van der Waals surface area contributed by atoms with Crippen LogP contribution in [0.15, 0.2) is 24.0 Å². The van der Waals surface area contributed by atoms with Crippen LogP contribution >= 0.6 is 11.6 Å². The van der Waals surface area contributed by atoms with E-state index in [1.54, 1.807) is 0 Å². The molecule has 1 heterocycles. The molecular formula is C14H21ClN2. The average molecular weight is 253 g/mol. The quantitative estimate of drug-likeness (QED) is 0.591. The maximum absolute atomic E-state index is 6.30. The molecule has 2 nitrogen and oxygen atoms in total. The zero-order valence-electron chi connectivity index (χ0n) is 10.9. The molecule has 1 aromatic rings. The van der Waals surface area contributed by atoms with E-state index in [-0.39, 0.29) is 5.38 Å². The molecule has 0 bridgehead atoms. The van der Waals surface area contributed by atoms with E-state index in [4.69, 9.17) is 11.6 Å². The third kappa shape index (κ3) is 3.35. The zero-order chi connectivity index (χ0) is 12.5. The van der Waals surface area contributed by atoms with E-state index in [1.165, 1.54) is 11.1 Å². The molecule has 1 unspecified atom stereocenters. The monoisotopic (exact) mass is 252 g/mol. The van der Waals surface area contributed by atoms with Gasteiger partial charge in [-0.15, -0.1) is 11.6 Å². The van der Waals surface area contributed by atoms with E-state index in [0.29, 0.717) is 5.41 Å². The molecule has 0 spiro atoms. The first-order valence-electron chi connectivity index (χ1n) is 6.33. The Morgan fingerprint density at radius 1 is 1.53 bits per heavy atom. The van der Waals surface area contributed by atoms with Gasteiger partial charge in [-0.05, 0) is 37.2 Å². The lowest BCUT2D eigenvalue weighted by molar-refractivity contribution is 0.320. The second-order valence-corrected chi connectivity index (χ2v) is 6.33. The highest BCUT2D eigenvalue weighted by atomic mass is 35.5. The van der Waals surface area contributed by atoms with Gasteiger partial charge in [0.1, 0.15) is 0 Å². The van der Waals surface area contributed by atoms with Gasteiger partial charge in [0.2, 0.25) is 0 Å². The van der Waals surface area contributed by atoms with Crippen molar-refractivity contribution >= 4 is 11.6 Å². The molecule has 0 saturated carbocycles. The van der Waals surface area contributed by atoms with Crippen LogP contribution in [-0.2, 0) is 13.0 Å². The molecule has 0 aromatic carbocycles. The minimum absolute atomic E-state index is 0.190. The first-order valence-corrected chi connectivity index (χ1v) is 6.77. The van der Waals surface area contributed by atoms with Gasteiger partial charge >= 0.3 is 0 Å². The van der Waals surface area contributed by atoms with E-state index in [9.17, 15) is 0 Å². The molecule has 1 aliphatic rings. The fourth-order valence-corrected chi connectivity index (χ4v) is 3.24. The summed E-state index contributed by atoms with van der Waals surface area (Å²) in [5, 5.41) is 4.50. The van der Waals surface area contributed by atoms with Gasteiger partial charge in [0.25, 0.3) is 0 Å². The third-order valence-corrected chi connectivity index (χ3v) is 3.59. The zero-order valence-corrected chi connectivity index (χ0v) is 11.7. The van der Waals surface area contributed by atoms with Crippen molar-refractivity contribution in [3.8, 4) is 0 Å². The smallest absolute Gasteiger partial charge is 0.0525 e. The van der Waals surface area contributed by atoms with Crippen LogP contribution in [0.2, 0.25) is 0 Å². The van der Waals surface area contributed by atoms with Gasteiger partial charge in [-0.2, -0.15) is 5.10 Å². The van der Waals surface area contributed by atoms with Crippen molar-refractivity contribution in [3.63, 3.8) is 0 Å². The summed E-state index contributed by atoms with van der Waals surface area (Å²) in [7, 11) is 0. The van der Waals surface area contributed by atoms with Crippen molar-refractivity contribution in [1.82, 2.24) is 9.78 Å². The molecule has 0 fully saturated rings. The lowest BCUT2D eigenvalue weighted by Gasteiger charge is -2.32. The van der Waals surface area contributed by atoms with Crippen LogP contribution in [0.4, 0.5) is 0 Å². The number of nitrogens with zero attached hydrogens (tertiary/aromatic N) is 2. The summed E-state index contributed by atoms with van der Waals surface area (Å²) in [5.41, 5.74) is 3.08. The van der Waals surface area contributed by atoms with Crippen LogP contribution in [0, 0.1) is 5.41 Å². The van der Waals surface area contributed by atoms with Crippen molar-refractivity contribution < 1.29 is 0 Å². The van der Waals surface area contributed by atoms with Crippen molar-refractivity contribution in [2.45, 2.75) is 52.0 Å². The van der Waals surface area contributed by atoms with E-state index >= 15 is 0 Å². The number of aryl methyl sites for hydroxylation is 1. The predicted octanol–water partition coefficient (Wildman–Crippen LogP) is 3.80. The molecule has 0 saturated heterocycles. The Bertz CT molecular complexity index is 418. The van der Waals surface area contributed by atoms with Gasteiger partial charge < -0.3 is 0 Å². The largest absolute Gasteiger partial charge is 0.273 e. The fraction of sp³-hybridized carbons (Fsp3) is 0.643. The molecule has 94 valence electrons. The summed E-state index contributed by atoms with van der Waals surface area (Å²) < 4.78 is 1.97. The molecule has 1 atom stereocenters. The Hall–Kier alpha value is -0.760. The lowest BCUT2D eigenvalue weighted by atomic mass is 9.76. The standard InChI is InChI=1S/C14H21ClN2/c1-4-17-10-12(9-16-17)5-11-6-13(15)8-14(2,3)7-11/h6,9-10,13H,4-5,7-8H2,1-3H3. The second kappa shape index (κ2) is 4.85. The first-order chi connectivity index (χ1) is 7.98. The highest BCUT2D eigenvalue weighted by molar-refractivity contribution is 6.21. The number of rotatable bonds is 3. The maximum atomic E-state index is 6.30. The van der Waals surface area contributed by atoms with Gasteiger partial charge in [0.15, 0.2) is 0 Å². The summed E-state index contributed by atoms with van der Waals surface area (Å²) in [5.74, 6) is 0. The van der Waals surface area contributed by atoms with Gasteiger partial charge in [0.05, 0.1) is 11.6 Å². The van der Waals surface area contributed by atoms with Crippen LogP contribution in [-0.4, -0.2) is 15.2 Å². The van der Waals surface area contributed by atoms with E-state index < -0.39 is 0 Å². The van der Waals surface area contributed by atoms with Gasteiger partial charge in [-0.1, -0.05) is 25.5 Å². The molecular weight excluding hydrogens is 232 g/mol. The minimum Gasteiger partial charge on any atom is -0.273 e. The average Bonchev–Trinajstić information content (AvgIpc) is 2.62. The number of hydrogen-bond acceptors (Lipinski definition) is 1. The molecule has 1 aliphatic carbocycles. The molecule has 1 aromatic heterocycles. The van der Waals surface area contributed by atoms with E-state index in [1.807, 2.05) is 10.9 Å². The third-order valence-electron chi connectivity index (χ3n) is 3.31. The highest BCUT2D eigenvalue weighted by Gasteiger charge is 2.27. The highest BCUT2D eigenvalue weighted by Crippen LogP contribution is 2.38. The Morgan fingerprint density at radius 2 is 2.29 bits per heavy atom. The molecule has 2 rings (SSSR count). The molecule has 0 aliphatic heterocycles. The van der Waals surface area contributed by atoms with Crippen LogP contribution in [0.5, 0.6) is 0 Å². The predicted molar refractivity (Wildman–Crippen MR) is 72.3 cm³/mol. The Morgan fingerprint density at radius 3 is 2.88 bits per heavy atom.